The van der Waals surface area contributed by atoms with E-state index in [-0.39, 0.29) is 12.5 Å². The first-order chi connectivity index (χ1) is 9.68. The van der Waals surface area contributed by atoms with Crippen molar-refractivity contribution in [3.8, 4) is 0 Å². The molecule has 0 heterocycles. The summed E-state index contributed by atoms with van der Waals surface area (Å²) in [6.45, 7) is 4.88. The molecule has 3 nitrogen and oxygen atoms in total. The highest BCUT2D eigenvalue weighted by Gasteiger charge is 2.45. The molecule has 0 bridgehead atoms. The smallest absolute Gasteiger partial charge is 0.401 e. The monoisotopic (exact) mass is 309 g/mol. The van der Waals surface area contributed by atoms with Gasteiger partial charge < -0.3 is 4.74 Å². The Kier molecular flexibility index (Phi) is 6.50. The number of ether oxygens (including phenoxy) is 1. The van der Waals surface area contributed by atoms with Gasteiger partial charge in [-0.2, -0.15) is 13.2 Å². The molecule has 6 heteroatoms. The highest BCUT2D eigenvalue weighted by molar-refractivity contribution is 5.81. The number of nitrogens with one attached hydrogen (secondary N) is 1. The summed E-state index contributed by atoms with van der Waals surface area (Å²) in [7, 11) is 0. The Bertz CT molecular complexity index is 344. The van der Waals surface area contributed by atoms with Crippen molar-refractivity contribution in [3.05, 3.63) is 0 Å². The van der Waals surface area contributed by atoms with E-state index in [4.69, 9.17) is 4.74 Å². The number of rotatable bonds is 6. The number of hydrogen-bond acceptors (Lipinski definition) is 3. The zero-order valence-electron chi connectivity index (χ0n) is 13.1. The summed E-state index contributed by atoms with van der Waals surface area (Å²) in [5.41, 5.74) is -1.18. The van der Waals surface area contributed by atoms with Gasteiger partial charge in [0.15, 0.2) is 0 Å². The molecule has 0 aromatic heterocycles. The third-order valence-corrected chi connectivity index (χ3v) is 3.95. The summed E-state index contributed by atoms with van der Waals surface area (Å²) in [5, 5.41) is 2.46. The predicted octanol–water partition coefficient (Wildman–Crippen LogP) is 3.68. The molecule has 1 fully saturated rings. The number of carbonyl (C=O) groups excluding carboxylic acids is 1. The van der Waals surface area contributed by atoms with E-state index in [9.17, 15) is 18.0 Å². The van der Waals surface area contributed by atoms with Gasteiger partial charge in [-0.05, 0) is 38.0 Å². The van der Waals surface area contributed by atoms with Gasteiger partial charge in [0.2, 0.25) is 0 Å². The van der Waals surface area contributed by atoms with Crippen LogP contribution in [0.15, 0.2) is 0 Å². The van der Waals surface area contributed by atoms with Crippen LogP contribution in [0.25, 0.3) is 0 Å². The molecule has 21 heavy (non-hydrogen) atoms. The highest BCUT2D eigenvalue weighted by atomic mass is 19.4. The Morgan fingerprint density at radius 2 is 2.10 bits per heavy atom. The first-order valence-electron chi connectivity index (χ1n) is 7.67. The predicted molar refractivity (Wildman–Crippen MR) is 74.8 cm³/mol. The Morgan fingerprint density at radius 1 is 1.43 bits per heavy atom. The van der Waals surface area contributed by atoms with Crippen LogP contribution < -0.4 is 5.32 Å². The Balaban J connectivity index is 2.82. The van der Waals surface area contributed by atoms with Crippen molar-refractivity contribution in [2.75, 3.05) is 13.2 Å². The van der Waals surface area contributed by atoms with E-state index in [0.29, 0.717) is 18.8 Å². The van der Waals surface area contributed by atoms with Crippen LogP contribution in [0.4, 0.5) is 13.2 Å². The summed E-state index contributed by atoms with van der Waals surface area (Å²) in [6, 6.07) is 0. The molecule has 1 aliphatic rings. The Hall–Kier alpha value is -0.780. The minimum Gasteiger partial charge on any atom is -0.465 e. The van der Waals surface area contributed by atoms with Gasteiger partial charge in [0.05, 0.1) is 13.2 Å². The highest BCUT2D eigenvalue weighted by Crippen LogP contribution is 2.37. The van der Waals surface area contributed by atoms with Gasteiger partial charge in [-0.15, -0.1) is 0 Å². The van der Waals surface area contributed by atoms with Crippen LogP contribution in [-0.4, -0.2) is 30.8 Å². The van der Waals surface area contributed by atoms with E-state index in [1.165, 1.54) is 0 Å². The summed E-state index contributed by atoms with van der Waals surface area (Å²) < 4.78 is 42.6. The standard InChI is InChI=1S/C15H26F3NO2/c1-4-21-13(20)14(19-10-15(16,17)18)7-5-6-12(9-14)8-11(2)3/h11-12,19H,4-10H2,1-3H3. The molecule has 0 aromatic carbocycles. The summed E-state index contributed by atoms with van der Waals surface area (Å²) in [4.78, 5) is 12.2. The normalized spacial score (nSPS) is 26.9. The molecule has 0 aromatic rings. The third-order valence-electron chi connectivity index (χ3n) is 3.95. The van der Waals surface area contributed by atoms with Gasteiger partial charge in [-0.25, -0.2) is 0 Å². The molecular weight excluding hydrogens is 283 g/mol. The van der Waals surface area contributed by atoms with E-state index in [1.807, 2.05) is 0 Å². The third kappa shape index (κ3) is 5.85. The molecule has 2 unspecified atom stereocenters. The van der Waals surface area contributed by atoms with E-state index < -0.39 is 24.2 Å². The van der Waals surface area contributed by atoms with Crippen LogP contribution in [0.2, 0.25) is 0 Å². The van der Waals surface area contributed by atoms with Crippen LogP contribution in [0.5, 0.6) is 0 Å². The van der Waals surface area contributed by atoms with Gasteiger partial charge >= 0.3 is 12.1 Å². The van der Waals surface area contributed by atoms with Gasteiger partial charge in [0.25, 0.3) is 0 Å². The molecule has 124 valence electrons. The Labute approximate surface area is 124 Å². The van der Waals surface area contributed by atoms with Crippen LogP contribution in [-0.2, 0) is 9.53 Å². The first kappa shape index (κ1) is 18.3. The van der Waals surface area contributed by atoms with Crippen molar-refractivity contribution in [1.82, 2.24) is 5.32 Å². The minimum absolute atomic E-state index is 0.184. The molecule has 0 radical (unpaired) electrons. The summed E-state index contributed by atoms with van der Waals surface area (Å²) in [5.74, 6) is 0.196. The van der Waals surface area contributed by atoms with Crippen molar-refractivity contribution in [2.45, 2.75) is 64.6 Å². The van der Waals surface area contributed by atoms with E-state index in [2.05, 4.69) is 19.2 Å². The number of halogens is 3. The second kappa shape index (κ2) is 7.47. The van der Waals surface area contributed by atoms with Crippen LogP contribution in [0, 0.1) is 11.8 Å². The summed E-state index contributed by atoms with van der Waals surface area (Å²) >= 11 is 0. The molecular formula is C15H26F3NO2. The zero-order valence-corrected chi connectivity index (χ0v) is 13.1. The van der Waals surface area contributed by atoms with Crippen molar-refractivity contribution in [3.63, 3.8) is 0 Å². The largest absolute Gasteiger partial charge is 0.465 e. The molecule has 2 atom stereocenters. The topological polar surface area (TPSA) is 38.3 Å². The van der Waals surface area contributed by atoms with Crippen LogP contribution in [0.1, 0.15) is 52.9 Å². The van der Waals surface area contributed by atoms with E-state index in [1.54, 1.807) is 6.92 Å². The van der Waals surface area contributed by atoms with Crippen molar-refractivity contribution >= 4 is 5.97 Å². The second-order valence-corrected chi connectivity index (χ2v) is 6.36. The molecule has 1 aliphatic carbocycles. The van der Waals surface area contributed by atoms with Gasteiger partial charge in [-0.1, -0.05) is 26.7 Å². The lowest BCUT2D eigenvalue weighted by Crippen LogP contribution is -2.57. The molecule has 1 saturated carbocycles. The molecule has 1 rings (SSSR count). The van der Waals surface area contributed by atoms with Gasteiger partial charge in [0.1, 0.15) is 5.54 Å². The lowest BCUT2D eigenvalue weighted by molar-refractivity contribution is -0.158. The van der Waals surface area contributed by atoms with E-state index in [0.717, 1.165) is 19.3 Å². The molecule has 0 amide bonds. The lowest BCUT2D eigenvalue weighted by Gasteiger charge is -2.40. The average molecular weight is 309 g/mol. The van der Waals surface area contributed by atoms with Gasteiger partial charge in [-0.3, -0.25) is 10.1 Å². The SMILES string of the molecule is CCOC(=O)C1(NCC(F)(F)F)CCCC(CC(C)C)C1. The average Bonchev–Trinajstić information content (AvgIpc) is 2.35. The van der Waals surface area contributed by atoms with Crippen molar-refractivity contribution < 1.29 is 22.7 Å². The summed E-state index contributed by atoms with van der Waals surface area (Å²) in [6.07, 6.45) is -0.843. The Morgan fingerprint density at radius 3 is 2.62 bits per heavy atom. The van der Waals surface area contributed by atoms with Crippen molar-refractivity contribution in [2.24, 2.45) is 11.8 Å². The lowest BCUT2D eigenvalue weighted by atomic mass is 9.73. The molecule has 0 spiro atoms. The molecule has 1 N–H and O–H groups in total. The fraction of sp³-hybridized carbons (Fsp3) is 0.933. The molecule has 0 saturated heterocycles. The number of esters is 1. The fourth-order valence-electron chi connectivity index (χ4n) is 3.21. The van der Waals surface area contributed by atoms with Crippen molar-refractivity contribution in [1.29, 1.82) is 0 Å². The number of alkyl halides is 3. The quantitative estimate of drug-likeness (QED) is 0.761. The van der Waals surface area contributed by atoms with Crippen LogP contribution in [0.3, 0.4) is 0 Å². The maximum absolute atomic E-state index is 12.5. The molecule has 0 aliphatic heterocycles. The van der Waals surface area contributed by atoms with Gasteiger partial charge in [0, 0.05) is 0 Å². The second-order valence-electron chi connectivity index (χ2n) is 6.36. The number of hydrogen-bond donors (Lipinski definition) is 1. The maximum Gasteiger partial charge on any atom is 0.401 e. The van der Waals surface area contributed by atoms with E-state index >= 15 is 0 Å². The number of carbonyl (C=O) groups is 1. The first-order valence-corrected chi connectivity index (χ1v) is 7.67. The fourth-order valence-corrected chi connectivity index (χ4v) is 3.21. The zero-order chi connectivity index (χ0) is 16.1. The van der Waals surface area contributed by atoms with Crippen LogP contribution >= 0.6 is 0 Å². The minimum atomic E-state index is -4.33. The maximum atomic E-state index is 12.5.